The molecule has 0 bridgehead atoms. The number of furan rings is 1. The fraction of sp³-hybridized carbons (Fsp3) is 0.333. The Morgan fingerprint density at radius 2 is 2.50 bits per heavy atom. The number of anilines is 1. The summed E-state index contributed by atoms with van der Waals surface area (Å²) in [6.07, 6.45) is 7.28. The summed E-state index contributed by atoms with van der Waals surface area (Å²) >= 11 is 0. The number of nitrogens with one attached hydrogen (secondary N) is 1. The molecule has 2 aromatic rings. The minimum Gasteiger partial charge on any atom is -0.472 e. The van der Waals surface area contributed by atoms with Crippen LogP contribution in [0.1, 0.15) is 22.8 Å². The van der Waals surface area contributed by atoms with Gasteiger partial charge in [0, 0.05) is 12.8 Å². The van der Waals surface area contributed by atoms with E-state index in [1.54, 1.807) is 12.3 Å². The summed E-state index contributed by atoms with van der Waals surface area (Å²) in [6.45, 7) is 1.44. The Labute approximate surface area is 104 Å². The first-order valence-corrected chi connectivity index (χ1v) is 5.78. The zero-order valence-electron chi connectivity index (χ0n) is 9.70. The minimum atomic E-state index is -0.203. The van der Waals surface area contributed by atoms with Gasteiger partial charge in [-0.25, -0.2) is 0 Å². The lowest BCUT2D eigenvalue weighted by atomic mass is 10.3. The molecule has 0 saturated carbocycles. The average molecular weight is 247 g/mol. The van der Waals surface area contributed by atoms with Crippen LogP contribution in [-0.2, 0) is 4.74 Å². The van der Waals surface area contributed by atoms with E-state index in [2.05, 4.69) is 10.4 Å². The first-order valence-electron chi connectivity index (χ1n) is 5.78. The van der Waals surface area contributed by atoms with Crippen molar-refractivity contribution in [2.45, 2.75) is 12.5 Å². The Kier molecular flexibility index (Phi) is 2.85. The normalized spacial score (nSPS) is 19.0. The SMILES string of the molecule is O=C(Nc1cnn([C@H]2CCOC2)c1)c1ccoc1. The molecule has 1 atom stereocenters. The molecule has 3 rings (SSSR count). The molecule has 18 heavy (non-hydrogen) atoms. The van der Waals surface area contributed by atoms with E-state index in [9.17, 15) is 4.79 Å². The standard InChI is InChI=1S/C12H13N3O3/c16-12(9-1-3-17-7-9)14-10-5-13-15(6-10)11-2-4-18-8-11/h1,3,5-7,11H,2,4,8H2,(H,14,16)/t11-/m0/s1. The van der Waals surface area contributed by atoms with E-state index >= 15 is 0 Å². The smallest absolute Gasteiger partial charge is 0.259 e. The third-order valence-electron chi connectivity index (χ3n) is 2.92. The van der Waals surface area contributed by atoms with Crippen LogP contribution in [0.25, 0.3) is 0 Å². The molecular weight excluding hydrogens is 234 g/mol. The summed E-state index contributed by atoms with van der Waals surface area (Å²) in [5.41, 5.74) is 1.17. The summed E-state index contributed by atoms with van der Waals surface area (Å²) < 4.78 is 12.0. The van der Waals surface area contributed by atoms with E-state index in [1.807, 2.05) is 10.9 Å². The molecule has 0 spiro atoms. The molecular formula is C12H13N3O3. The number of carbonyl (C=O) groups is 1. The second-order valence-corrected chi connectivity index (χ2v) is 4.19. The number of aromatic nitrogens is 2. The van der Waals surface area contributed by atoms with E-state index in [0.29, 0.717) is 17.9 Å². The van der Waals surface area contributed by atoms with Crippen molar-refractivity contribution in [3.05, 3.63) is 36.5 Å². The average Bonchev–Trinajstić information content (AvgIpc) is 3.12. The van der Waals surface area contributed by atoms with Crippen LogP contribution in [0.5, 0.6) is 0 Å². The number of amides is 1. The number of hydrogen-bond acceptors (Lipinski definition) is 4. The number of rotatable bonds is 3. The van der Waals surface area contributed by atoms with Crippen molar-refractivity contribution in [1.29, 1.82) is 0 Å². The Bertz CT molecular complexity index is 527. The first kappa shape index (κ1) is 11.0. The van der Waals surface area contributed by atoms with E-state index in [0.717, 1.165) is 13.0 Å². The number of carbonyl (C=O) groups excluding carboxylic acids is 1. The summed E-state index contributed by atoms with van der Waals surface area (Å²) in [7, 11) is 0. The van der Waals surface area contributed by atoms with Gasteiger partial charge in [0.2, 0.25) is 0 Å². The van der Waals surface area contributed by atoms with Gasteiger partial charge in [-0.15, -0.1) is 0 Å². The van der Waals surface area contributed by atoms with Gasteiger partial charge >= 0.3 is 0 Å². The molecule has 3 heterocycles. The Morgan fingerprint density at radius 3 is 3.22 bits per heavy atom. The van der Waals surface area contributed by atoms with Crippen molar-refractivity contribution in [2.24, 2.45) is 0 Å². The Hall–Kier alpha value is -2.08. The molecule has 0 radical (unpaired) electrons. The Morgan fingerprint density at radius 1 is 1.56 bits per heavy atom. The van der Waals surface area contributed by atoms with Gasteiger partial charge in [-0.05, 0) is 12.5 Å². The highest BCUT2D eigenvalue weighted by molar-refractivity contribution is 6.03. The monoisotopic (exact) mass is 247 g/mol. The molecule has 2 aromatic heterocycles. The van der Waals surface area contributed by atoms with Crippen LogP contribution < -0.4 is 5.32 Å². The highest BCUT2D eigenvalue weighted by atomic mass is 16.5. The minimum absolute atomic E-state index is 0.203. The summed E-state index contributed by atoms with van der Waals surface area (Å²) in [4.78, 5) is 11.8. The lowest BCUT2D eigenvalue weighted by Crippen LogP contribution is -2.11. The molecule has 1 saturated heterocycles. The predicted octanol–water partition coefficient (Wildman–Crippen LogP) is 1.69. The second-order valence-electron chi connectivity index (χ2n) is 4.19. The molecule has 1 aliphatic rings. The van der Waals surface area contributed by atoms with Crippen molar-refractivity contribution in [3.8, 4) is 0 Å². The molecule has 94 valence electrons. The second kappa shape index (κ2) is 4.66. The van der Waals surface area contributed by atoms with Crippen molar-refractivity contribution in [1.82, 2.24) is 9.78 Å². The van der Waals surface area contributed by atoms with E-state index < -0.39 is 0 Å². The van der Waals surface area contributed by atoms with Gasteiger partial charge < -0.3 is 14.5 Å². The van der Waals surface area contributed by atoms with Crippen LogP contribution in [0.2, 0.25) is 0 Å². The van der Waals surface area contributed by atoms with Gasteiger partial charge in [-0.1, -0.05) is 0 Å². The van der Waals surface area contributed by atoms with Gasteiger partial charge in [-0.3, -0.25) is 9.48 Å². The van der Waals surface area contributed by atoms with Crippen LogP contribution in [0.4, 0.5) is 5.69 Å². The molecule has 6 nitrogen and oxygen atoms in total. The third-order valence-corrected chi connectivity index (χ3v) is 2.92. The zero-order chi connectivity index (χ0) is 12.4. The van der Waals surface area contributed by atoms with Gasteiger partial charge in [0.1, 0.15) is 6.26 Å². The van der Waals surface area contributed by atoms with E-state index in [1.165, 1.54) is 12.5 Å². The van der Waals surface area contributed by atoms with Crippen LogP contribution in [0.3, 0.4) is 0 Å². The van der Waals surface area contributed by atoms with Gasteiger partial charge in [0.15, 0.2) is 0 Å². The molecule has 1 amide bonds. The van der Waals surface area contributed by atoms with E-state index in [-0.39, 0.29) is 11.9 Å². The van der Waals surface area contributed by atoms with Crippen LogP contribution in [0.15, 0.2) is 35.4 Å². The number of hydrogen-bond donors (Lipinski definition) is 1. The fourth-order valence-electron chi connectivity index (χ4n) is 1.93. The van der Waals surface area contributed by atoms with E-state index in [4.69, 9.17) is 9.15 Å². The van der Waals surface area contributed by atoms with Crippen molar-refractivity contribution < 1.29 is 13.9 Å². The molecule has 0 unspecified atom stereocenters. The Balaban J connectivity index is 1.68. The van der Waals surface area contributed by atoms with Crippen LogP contribution >= 0.6 is 0 Å². The first-order chi connectivity index (χ1) is 8.83. The quantitative estimate of drug-likeness (QED) is 0.896. The van der Waals surface area contributed by atoms with Crippen LogP contribution in [-0.4, -0.2) is 28.9 Å². The number of ether oxygens (including phenoxy) is 1. The predicted molar refractivity (Wildman–Crippen MR) is 63.4 cm³/mol. The largest absolute Gasteiger partial charge is 0.472 e. The molecule has 1 N–H and O–H groups in total. The molecule has 1 fully saturated rings. The van der Waals surface area contributed by atoms with Gasteiger partial charge in [0.05, 0.1) is 36.4 Å². The van der Waals surface area contributed by atoms with Gasteiger partial charge in [0.25, 0.3) is 5.91 Å². The lowest BCUT2D eigenvalue weighted by Gasteiger charge is -2.06. The summed E-state index contributed by atoms with van der Waals surface area (Å²) in [6, 6.07) is 1.88. The maximum absolute atomic E-state index is 11.8. The van der Waals surface area contributed by atoms with Gasteiger partial charge in [-0.2, -0.15) is 5.10 Å². The molecule has 0 aliphatic carbocycles. The maximum Gasteiger partial charge on any atom is 0.259 e. The summed E-state index contributed by atoms with van der Waals surface area (Å²) in [5, 5.41) is 7.00. The highest BCUT2D eigenvalue weighted by Crippen LogP contribution is 2.19. The van der Waals surface area contributed by atoms with Crippen molar-refractivity contribution in [3.63, 3.8) is 0 Å². The molecule has 6 heteroatoms. The fourth-order valence-corrected chi connectivity index (χ4v) is 1.93. The van der Waals surface area contributed by atoms with Crippen LogP contribution in [0, 0.1) is 0 Å². The summed E-state index contributed by atoms with van der Waals surface area (Å²) in [5.74, 6) is -0.203. The maximum atomic E-state index is 11.8. The molecule has 1 aliphatic heterocycles. The third kappa shape index (κ3) is 2.14. The topological polar surface area (TPSA) is 69.3 Å². The lowest BCUT2D eigenvalue weighted by molar-refractivity contribution is 0.102. The van der Waals surface area contributed by atoms with Crippen molar-refractivity contribution in [2.75, 3.05) is 18.5 Å². The van der Waals surface area contributed by atoms with Crippen molar-refractivity contribution >= 4 is 11.6 Å². The zero-order valence-corrected chi connectivity index (χ0v) is 9.70. The highest BCUT2D eigenvalue weighted by Gasteiger charge is 2.18. The molecule has 0 aromatic carbocycles. The number of nitrogens with zero attached hydrogens (tertiary/aromatic N) is 2.